The standard InChI is InChI=1S/C15H16O4/c1-10(3-4-12-5-6-18-15(12)17)7-13-8-11(2)14(16)9-19-13/h5,7-9H,3-4,6H2,1-2H3/p+1/b10-7-. The fourth-order valence-corrected chi connectivity index (χ4v) is 1.86. The maximum atomic E-state index is 11.3. The highest BCUT2D eigenvalue weighted by Crippen LogP contribution is 2.21. The van der Waals surface area contributed by atoms with Gasteiger partial charge in [-0.25, -0.2) is 9.21 Å². The van der Waals surface area contributed by atoms with Crippen molar-refractivity contribution in [2.45, 2.75) is 26.7 Å². The zero-order valence-electron chi connectivity index (χ0n) is 11.1. The molecule has 1 aliphatic heterocycles. The molecule has 0 saturated heterocycles. The second-order valence-corrected chi connectivity index (χ2v) is 4.67. The van der Waals surface area contributed by atoms with E-state index in [1.54, 1.807) is 6.07 Å². The number of ether oxygens (including phenoxy) is 1. The summed E-state index contributed by atoms with van der Waals surface area (Å²) in [5.74, 6) is 0.627. The van der Waals surface area contributed by atoms with Gasteiger partial charge in [0.1, 0.15) is 6.61 Å². The number of cyclic esters (lactones) is 1. The van der Waals surface area contributed by atoms with Crippen LogP contribution in [0, 0.1) is 6.92 Å². The lowest BCUT2D eigenvalue weighted by molar-refractivity contribution is -0.136. The van der Waals surface area contributed by atoms with Crippen molar-refractivity contribution >= 4 is 12.0 Å². The molecular weight excluding hydrogens is 244 g/mol. The van der Waals surface area contributed by atoms with Crippen LogP contribution in [0.2, 0.25) is 0 Å². The maximum absolute atomic E-state index is 11.3. The first kappa shape index (κ1) is 13.3. The Morgan fingerprint density at radius 2 is 2.37 bits per heavy atom. The molecule has 19 heavy (non-hydrogen) atoms. The van der Waals surface area contributed by atoms with Crippen LogP contribution in [0.4, 0.5) is 0 Å². The Bertz CT molecular complexity index is 555. The first-order valence-electron chi connectivity index (χ1n) is 6.21. The average Bonchev–Trinajstić information content (AvgIpc) is 2.77. The highest BCUT2D eigenvalue weighted by molar-refractivity contribution is 5.90. The molecule has 4 heteroatoms. The molecule has 1 N–H and O–H groups in total. The molecule has 0 radical (unpaired) electrons. The van der Waals surface area contributed by atoms with Crippen molar-refractivity contribution in [3.8, 4) is 5.75 Å². The second-order valence-electron chi connectivity index (χ2n) is 4.67. The van der Waals surface area contributed by atoms with E-state index in [9.17, 15) is 9.90 Å². The van der Waals surface area contributed by atoms with E-state index < -0.39 is 0 Å². The van der Waals surface area contributed by atoms with Crippen LogP contribution < -0.4 is 0 Å². The van der Waals surface area contributed by atoms with Gasteiger partial charge in [0.15, 0.2) is 0 Å². The molecule has 1 aliphatic rings. The van der Waals surface area contributed by atoms with Crippen LogP contribution in [0.5, 0.6) is 5.75 Å². The van der Waals surface area contributed by atoms with Crippen LogP contribution in [0.15, 0.2) is 34.0 Å². The average molecular weight is 261 g/mol. The minimum Gasteiger partial charge on any atom is -0.501 e. The summed E-state index contributed by atoms with van der Waals surface area (Å²) in [6.45, 7) is 4.19. The van der Waals surface area contributed by atoms with E-state index >= 15 is 0 Å². The number of esters is 1. The van der Waals surface area contributed by atoms with Crippen LogP contribution in [0.1, 0.15) is 31.1 Å². The third-order valence-electron chi connectivity index (χ3n) is 3.05. The smallest absolute Gasteiger partial charge is 0.360 e. The summed E-state index contributed by atoms with van der Waals surface area (Å²) < 4.78 is 10.1. The van der Waals surface area contributed by atoms with Gasteiger partial charge in [-0.3, -0.25) is 0 Å². The van der Waals surface area contributed by atoms with Gasteiger partial charge in [-0.2, -0.15) is 0 Å². The molecule has 0 bridgehead atoms. The van der Waals surface area contributed by atoms with E-state index in [1.807, 2.05) is 26.0 Å². The Hall–Kier alpha value is -2.10. The molecule has 1 aromatic rings. The molecular formula is C15H17O4+. The summed E-state index contributed by atoms with van der Waals surface area (Å²) in [6, 6.07) is 1.78. The van der Waals surface area contributed by atoms with Gasteiger partial charge in [-0.1, -0.05) is 5.57 Å². The summed E-state index contributed by atoms with van der Waals surface area (Å²) in [5, 5.41) is 9.38. The monoisotopic (exact) mass is 261 g/mol. The normalized spacial score (nSPS) is 15.4. The van der Waals surface area contributed by atoms with Gasteiger partial charge in [0.25, 0.3) is 0 Å². The predicted molar refractivity (Wildman–Crippen MR) is 71.4 cm³/mol. The molecule has 0 unspecified atom stereocenters. The lowest BCUT2D eigenvalue weighted by Gasteiger charge is -1.99. The number of aromatic hydroxyl groups is 1. The number of aryl methyl sites for hydroxylation is 1. The van der Waals surface area contributed by atoms with E-state index in [2.05, 4.69) is 0 Å². The van der Waals surface area contributed by atoms with Crippen molar-refractivity contribution in [2.75, 3.05) is 6.61 Å². The summed E-state index contributed by atoms with van der Waals surface area (Å²) >= 11 is 0. The molecule has 1 aromatic heterocycles. The number of rotatable bonds is 4. The summed E-state index contributed by atoms with van der Waals surface area (Å²) in [6.07, 6.45) is 6.51. The van der Waals surface area contributed by atoms with Gasteiger partial charge >= 0.3 is 18.0 Å². The lowest BCUT2D eigenvalue weighted by atomic mass is 10.1. The second kappa shape index (κ2) is 5.69. The van der Waals surface area contributed by atoms with Crippen LogP contribution in [-0.4, -0.2) is 17.7 Å². The van der Waals surface area contributed by atoms with Crippen molar-refractivity contribution in [1.82, 2.24) is 0 Å². The molecule has 0 fully saturated rings. The Morgan fingerprint density at radius 3 is 3.00 bits per heavy atom. The largest absolute Gasteiger partial charge is 0.501 e. The van der Waals surface area contributed by atoms with Gasteiger partial charge in [-0.05, 0) is 32.8 Å². The fourth-order valence-electron chi connectivity index (χ4n) is 1.86. The van der Waals surface area contributed by atoms with Crippen molar-refractivity contribution in [1.29, 1.82) is 0 Å². The fraction of sp³-hybridized carbons (Fsp3) is 0.333. The molecule has 2 rings (SSSR count). The van der Waals surface area contributed by atoms with E-state index in [4.69, 9.17) is 9.15 Å². The topological polar surface area (TPSA) is 57.8 Å². The van der Waals surface area contributed by atoms with Gasteiger partial charge in [0.05, 0.1) is 0 Å². The first-order valence-corrected chi connectivity index (χ1v) is 6.21. The van der Waals surface area contributed by atoms with E-state index in [0.717, 1.165) is 23.1 Å². The number of carbonyl (C=O) groups is 1. The molecule has 4 nitrogen and oxygen atoms in total. The maximum Gasteiger partial charge on any atom is 0.360 e. The van der Waals surface area contributed by atoms with Crippen molar-refractivity contribution in [3.05, 3.63) is 40.9 Å². The number of allylic oxidation sites excluding steroid dienone is 1. The zero-order valence-corrected chi connectivity index (χ0v) is 11.1. The molecule has 2 heterocycles. The molecule has 0 aliphatic carbocycles. The van der Waals surface area contributed by atoms with E-state index in [1.165, 1.54) is 6.26 Å². The van der Waals surface area contributed by atoms with Crippen molar-refractivity contribution in [3.63, 3.8) is 0 Å². The molecule has 100 valence electrons. The van der Waals surface area contributed by atoms with Crippen LogP contribution in [0.25, 0.3) is 6.08 Å². The first-order chi connectivity index (χ1) is 9.06. The molecule has 0 saturated carbocycles. The minimum atomic E-state index is -0.210. The highest BCUT2D eigenvalue weighted by Gasteiger charge is 2.16. The SMILES string of the molecule is C/C(=C/c1cc(C)c(O)c[o+]1)CCC1=CCOC1=O. The Balaban J connectivity index is 1.98. The van der Waals surface area contributed by atoms with Gasteiger partial charge < -0.3 is 9.84 Å². The Kier molecular flexibility index (Phi) is 4.00. The van der Waals surface area contributed by atoms with Crippen molar-refractivity contribution < 1.29 is 19.1 Å². The Morgan fingerprint density at radius 1 is 1.58 bits per heavy atom. The molecule has 0 amide bonds. The third kappa shape index (κ3) is 3.44. The van der Waals surface area contributed by atoms with Crippen molar-refractivity contribution in [2.24, 2.45) is 0 Å². The summed E-state index contributed by atoms with van der Waals surface area (Å²) in [7, 11) is 0. The number of hydrogen-bond acceptors (Lipinski definition) is 3. The van der Waals surface area contributed by atoms with E-state index in [0.29, 0.717) is 18.8 Å². The molecule has 0 aromatic carbocycles. The molecule has 0 spiro atoms. The summed E-state index contributed by atoms with van der Waals surface area (Å²) in [5.41, 5.74) is 2.62. The van der Waals surface area contributed by atoms with Crippen LogP contribution in [-0.2, 0) is 9.53 Å². The predicted octanol–water partition coefficient (Wildman–Crippen LogP) is 3.24. The minimum absolute atomic E-state index is 0.147. The number of carbonyl (C=O) groups excluding carboxylic acids is 1. The van der Waals surface area contributed by atoms with E-state index in [-0.39, 0.29) is 11.7 Å². The van der Waals surface area contributed by atoms with Gasteiger partial charge in [-0.15, -0.1) is 0 Å². The van der Waals surface area contributed by atoms with Gasteiger partial charge in [0.2, 0.25) is 5.75 Å². The molecule has 0 atom stereocenters. The third-order valence-corrected chi connectivity index (χ3v) is 3.05. The van der Waals surface area contributed by atoms with Crippen LogP contribution in [0.3, 0.4) is 0 Å². The van der Waals surface area contributed by atoms with Crippen LogP contribution >= 0.6 is 0 Å². The van der Waals surface area contributed by atoms with Gasteiger partial charge in [0, 0.05) is 23.3 Å². The Labute approximate surface area is 112 Å². The lowest BCUT2D eigenvalue weighted by Crippen LogP contribution is -1.99. The zero-order chi connectivity index (χ0) is 13.8. The highest BCUT2D eigenvalue weighted by atomic mass is 16.5. The quantitative estimate of drug-likeness (QED) is 0.667. The summed E-state index contributed by atoms with van der Waals surface area (Å²) in [4.78, 5) is 11.3. The number of hydrogen-bond donors (Lipinski definition) is 1.